The number of carbonyl (C=O) groups excluding carboxylic acids is 1. The van der Waals surface area contributed by atoms with E-state index in [1.54, 1.807) is 24.3 Å². The summed E-state index contributed by atoms with van der Waals surface area (Å²) >= 11 is 8.87. The van der Waals surface area contributed by atoms with Crippen LogP contribution in [0, 0.1) is 0 Å². The Bertz CT molecular complexity index is 929. The number of urea groups is 1. The van der Waals surface area contributed by atoms with Crippen LogP contribution in [0.15, 0.2) is 44.6 Å². The van der Waals surface area contributed by atoms with Crippen LogP contribution in [0.25, 0.3) is 0 Å². The molecule has 0 aliphatic carbocycles. The Morgan fingerprint density at radius 3 is 2.43 bits per heavy atom. The zero-order valence-electron chi connectivity index (χ0n) is 11.3. The number of sulfonamides is 1. The summed E-state index contributed by atoms with van der Waals surface area (Å²) in [5, 5.41) is 9.23. The number of benzene rings is 1. The van der Waals surface area contributed by atoms with Crippen molar-refractivity contribution in [1.82, 2.24) is 4.98 Å². The number of rotatable bonds is 3. The minimum atomic E-state index is -4.34. The van der Waals surface area contributed by atoms with Gasteiger partial charge in [-0.05, 0) is 28.1 Å². The fourth-order valence-corrected chi connectivity index (χ4v) is 3.20. The lowest BCUT2D eigenvalue weighted by atomic mass is 10.3. The van der Waals surface area contributed by atoms with Crippen LogP contribution >= 0.6 is 27.5 Å². The van der Waals surface area contributed by atoms with Crippen molar-refractivity contribution < 1.29 is 13.2 Å². The Morgan fingerprint density at radius 2 is 1.83 bits per heavy atom. The molecule has 0 radical (unpaired) electrons. The van der Waals surface area contributed by atoms with E-state index in [1.165, 1.54) is 0 Å². The fourth-order valence-electron chi connectivity index (χ4n) is 1.67. The number of primary sulfonamides is 1. The second kappa shape index (κ2) is 6.71. The van der Waals surface area contributed by atoms with Gasteiger partial charge in [-0.25, -0.2) is 18.4 Å². The smallest absolute Gasteiger partial charge is 0.323 e. The number of aromatic nitrogens is 1. The predicted octanol–water partition coefficient (Wildman–Crippen LogP) is 2.08. The van der Waals surface area contributed by atoms with Crippen LogP contribution in [-0.2, 0) is 10.0 Å². The number of para-hydroxylation sites is 1. The third-order valence-electron chi connectivity index (χ3n) is 2.65. The molecule has 0 aliphatic heterocycles. The van der Waals surface area contributed by atoms with E-state index in [2.05, 4.69) is 31.5 Å². The summed E-state index contributed by atoms with van der Waals surface area (Å²) in [6.45, 7) is 0. The van der Waals surface area contributed by atoms with Crippen molar-refractivity contribution >= 4 is 55.0 Å². The van der Waals surface area contributed by atoms with Gasteiger partial charge in [-0.3, -0.25) is 4.79 Å². The average molecular weight is 422 g/mol. The highest BCUT2D eigenvalue weighted by Gasteiger charge is 2.21. The third-order valence-corrected chi connectivity index (χ3v) is 4.71. The third kappa shape index (κ3) is 4.10. The molecular weight excluding hydrogens is 412 g/mol. The lowest BCUT2D eigenvalue weighted by Crippen LogP contribution is -2.28. The molecule has 1 aromatic carbocycles. The van der Waals surface area contributed by atoms with Crippen molar-refractivity contribution in [2.75, 3.05) is 10.6 Å². The molecule has 23 heavy (non-hydrogen) atoms. The van der Waals surface area contributed by atoms with Crippen LogP contribution in [-0.4, -0.2) is 19.4 Å². The van der Waals surface area contributed by atoms with Gasteiger partial charge in [0.2, 0.25) is 15.5 Å². The van der Waals surface area contributed by atoms with Gasteiger partial charge in [-0.2, -0.15) is 0 Å². The Labute approximate surface area is 144 Å². The first-order valence-electron chi connectivity index (χ1n) is 5.96. The zero-order valence-corrected chi connectivity index (χ0v) is 14.4. The standard InChI is InChI=1S/C12H10BrClN4O4S/c13-6-3-1-2-4-7(6)17-12(20)18-8-5-16-11(14)10(9(8)19)23(15,21)22/h1-5H,(H,16,19)(H2,15,21,22)(H2,17,18,20). The van der Waals surface area contributed by atoms with E-state index in [9.17, 15) is 18.0 Å². The number of pyridine rings is 1. The number of H-pyrrole nitrogens is 1. The minimum absolute atomic E-state index is 0.317. The van der Waals surface area contributed by atoms with Crippen molar-refractivity contribution in [1.29, 1.82) is 0 Å². The summed E-state index contributed by atoms with van der Waals surface area (Å²) < 4.78 is 23.4. The molecule has 8 nitrogen and oxygen atoms in total. The van der Waals surface area contributed by atoms with E-state index >= 15 is 0 Å². The molecule has 2 amide bonds. The average Bonchev–Trinajstić information content (AvgIpc) is 2.43. The Morgan fingerprint density at radius 1 is 1.22 bits per heavy atom. The van der Waals surface area contributed by atoms with Gasteiger partial charge < -0.3 is 15.6 Å². The number of anilines is 2. The molecule has 122 valence electrons. The number of halogens is 2. The van der Waals surface area contributed by atoms with Crippen molar-refractivity contribution in [2.24, 2.45) is 5.14 Å². The second-order valence-electron chi connectivity index (χ2n) is 4.28. The molecule has 0 fully saturated rings. The highest BCUT2D eigenvalue weighted by atomic mass is 79.9. The molecule has 0 aliphatic rings. The molecule has 5 N–H and O–H groups in total. The van der Waals surface area contributed by atoms with E-state index in [-0.39, 0.29) is 5.69 Å². The molecule has 2 rings (SSSR count). The number of amides is 2. The second-order valence-corrected chi connectivity index (χ2v) is 7.01. The number of nitrogens with one attached hydrogen (secondary N) is 3. The first kappa shape index (κ1) is 17.5. The van der Waals surface area contributed by atoms with Gasteiger partial charge in [0.15, 0.2) is 4.90 Å². The Kier molecular flexibility index (Phi) is 5.09. The van der Waals surface area contributed by atoms with Crippen LogP contribution in [0.3, 0.4) is 0 Å². The normalized spacial score (nSPS) is 11.1. The molecule has 1 aromatic heterocycles. The molecular formula is C12H10BrClN4O4S. The number of nitrogens with two attached hydrogens (primary N) is 1. The van der Waals surface area contributed by atoms with Crippen LogP contribution in [0.5, 0.6) is 0 Å². The Hall–Kier alpha value is -1.88. The molecule has 0 saturated heterocycles. The van der Waals surface area contributed by atoms with Crippen molar-refractivity contribution in [3.8, 4) is 0 Å². The molecule has 0 atom stereocenters. The number of carbonyl (C=O) groups is 1. The molecule has 0 unspecified atom stereocenters. The Balaban J connectivity index is 2.30. The number of hydrogen-bond acceptors (Lipinski definition) is 4. The van der Waals surface area contributed by atoms with E-state index in [0.29, 0.717) is 10.2 Å². The first-order chi connectivity index (χ1) is 10.7. The van der Waals surface area contributed by atoms with Gasteiger partial charge in [0, 0.05) is 10.7 Å². The van der Waals surface area contributed by atoms with Crippen LogP contribution < -0.4 is 21.2 Å². The topological polar surface area (TPSA) is 134 Å². The predicted molar refractivity (Wildman–Crippen MR) is 90.2 cm³/mol. The van der Waals surface area contributed by atoms with Gasteiger partial charge in [0.05, 0.1) is 5.69 Å². The maximum absolute atomic E-state index is 12.1. The lowest BCUT2D eigenvalue weighted by Gasteiger charge is -2.09. The van der Waals surface area contributed by atoms with E-state index < -0.39 is 31.5 Å². The van der Waals surface area contributed by atoms with Gasteiger partial charge in [-0.15, -0.1) is 0 Å². The fraction of sp³-hybridized carbons (Fsp3) is 0. The molecule has 2 aromatic rings. The van der Waals surface area contributed by atoms with E-state index in [0.717, 1.165) is 6.20 Å². The maximum Gasteiger partial charge on any atom is 0.323 e. The van der Waals surface area contributed by atoms with Gasteiger partial charge in [0.25, 0.3) is 0 Å². The highest BCUT2D eigenvalue weighted by molar-refractivity contribution is 9.10. The zero-order chi connectivity index (χ0) is 17.2. The van der Waals surface area contributed by atoms with E-state index in [1.807, 2.05) is 0 Å². The van der Waals surface area contributed by atoms with Gasteiger partial charge >= 0.3 is 6.03 Å². The van der Waals surface area contributed by atoms with Crippen molar-refractivity contribution in [3.05, 3.63) is 50.3 Å². The lowest BCUT2D eigenvalue weighted by molar-refractivity contribution is 0.262. The maximum atomic E-state index is 12.1. The molecule has 11 heteroatoms. The van der Waals surface area contributed by atoms with Crippen LogP contribution in [0.4, 0.5) is 16.2 Å². The molecule has 0 bridgehead atoms. The van der Waals surface area contributed by atoms with E-state index in [4.69, 9.17) is 16.7 Å². The summed E-state index contributed by atoms with van der Waals surface area (Å²) in [6.07, 6.45) is 1.07. The highest BCUT2D eigenvalue weighted by Crippen LogP contribution is 2.21. The molecule has 0 saturated carbocycles. The van der Waals surface area contributed by atoms with Crippen molar-refractivity contribution in [2.45, 2.75) is 4.90 Å². The monoisotopic (exact) mass is 420 g/mol. The number of hydrogen-bond donors (Lipinski definition) is 4. The van der Waals surface area contributed by atoms with Gasteiger partial charge in [-0.1, -0.05) is 23.7 Å². The van der Waals surface area contributed by atoms with Crippen molar-refractivity contribution in [3.63, 3.8) is 0 Å². The summed E-state index contributed by atoms with van der Waals surface area (Å²) in [6, 6.07) is 6.06. The minimum Gasteiger partial charge on any atom is -0.349 e. The summed E-state index contributed by atoms with van der Waals surface area (Å²) in [7, 11) is -4.34. The first-order valence-corrected chi connectivity index (χ1v) is 8.68. The SMILES string of the molecule is NS(=O)(=O)c1c(Cl)[nH]cc(NC(=O)Nc2ccccc2Br)c1=O. The van der Waals surface area contributed by atoms with Crippen LogP contribution in [0.2, 0.25) is 5.15 Å². The number of aromatic amines is 1. The largest absolute Gasteiger partial charge is 0.349 e. The molecule has 0 spiro atoms. The van der Waals surface area contributed by atoms with Crippen LogP contribution in [0.1, 0.15) is 0 Å². The summed E-state index contributed by atoms with van der Waals surface area (Å²) in [4.78, 5) is 25.5. The van der Waals surface area contributed by atoms with Gasteiger partial charge in [0.1, 0.15) is 10.8 Å². The summed E-state index contributed by atoms with van der Waals surface area (Å²) in [5.74, 6) is 0. The summed E-state index contributed by atoms with van der Waals surface area (Å²) in [5.41, 5.74) is -0.872. The quantitative estimate of drug-likeness (QED) is 0.564. The molecule has 1 heterocycles.